The lowest BCUT2D eigenvalue weighted by molar-refractivity contribution is -0.143. The molecule has 1 aromatic rings. The van der Waals surface area contributed by atoms with Gasteiger partial charge in [-0.25, -0.2) is 23.3 Å². The second kappa shape index (κ2) is 13.7. The van der Waals surface area contributed by atoms with Crippen LogP contribution in [0.5, 0.6) is 5.75 Å². The van der Waals surface area contributed by atoms with Gasteiger partial charge in [0.25, 0.3) is 5.56 Å². The minimum atomic E-state index is -4.98. The van der Waals surface area contributed by atoms with E-state index in [1.165, 1.54) is 0 Å². The Hall–Kier alpha value is -1.76. The van der Waals surface area contributed by atoms with Gasteiger partial charge in [-0.15, -0.1) is 0 Å². The van der Waals surface area contributed by atoms with Gasteiger partial charge in [0.15, 0.2) is 12.8 Å². The van der Waals surface area contributed by atoms with Crippen LogP contribution in [0.1, 0.15) is 6.23 Å². The highest BCUT2D eigenvalue weighted by atomic mass is 31.3. The largest absolute Gasteiger partial charge is 0.492 e. The third-order valence-corrected chi connectivity index (χ3v) is 10.3. The number of nitrogens with one attached hydrogen (secondary N) is 1. The SMILES string of the molecule is COC(=O)COc1cn(C2OC(COP(=O)(OC)OP(=O)(OC)OP(=O)(OC)OC)C(O)C2O)c(=O)[nH]c1=O. The van der Waals surface area contributed by atoms with E-state index in [0.29, 0.717) is 4.57 Å². The molecule has 0 bridgehead atoms. The zero-order chi connectivity index (χ0) is 29.6. The molecule has 1 aromatic heterocycles. The van der Waals surface area contributed by atoms with Crippen LogP contribution in [0.3, 0.4) is 0 Å². The number of aromatic nitrogens is 2. The average Bonchev–Trinajstić information content (AvgIpc) is 3.19. The first-order valence-corrected chi connectivity index (χ1v) is 14.7. The van der Waals surface area contributed by atoms with E-state index in [2.05, 4.69) is 27.1 Å². The first-order valence-electron chi connectivity index (χ1n) is 10.4. The van der Waals surface area contributed by atoms with Gasteiger partial charge in [-0.3, -0.25) is 37.0 Å². The lowest BCUT2D eigenvalue weighted by atomic mass is 10.1. The number of phosphoric ester groups is 2. The van der Waals surface area contributed by atoms with Crippen LogP contribution in [-0.4, -0.2) is 92.8 Å². The molecule has 1 fully saturated rings. The van der Waals surface area contributed by atoms with Crippen LogP contribution in [0.2, 0.25) is 0 Å². The minimum absolute atomic E-state index is 0.526. The summed E-state index contributed by atoms with van der Waals surface area (Å²) in [5.74, 6) is -1.36. The van der Waals surface area contributed by atoms with Gasteiger partial charge in [0.2, 0.25) is 5.75 Å². The number of aliphatic hydroxyl groups is 2. The van der Waals surface area contributed by atoms with Crippen LogP contribution in [0.15, 0.2) is 15.8 Å². The molecule has 2 heterocycles. The number of ether oxygens (including phenoxy) is 3. The molecule has 3 N–H and O–H groups in total. The maximum Gasteiger partial charge on any atom is 0.492 e. The summed E-state index contributed by atoms with van der Waals surface area (Å²) in [5.41, 5.74) is -2.10. The van der Waals surface area contributed by atoms with Gasteiger partial charge in [-0.05, 0) is 0 Å². The van der Waals surface area contributed by atoms with Crippen LogP contribution in [-0.2, 0) is 59.2 Å². The number of hydrogen-bond acceptors (Lipinski definition) is 18. The number of aliphatic hydroxyl groups excluding tert-OH is 2. The highest BCUT2D eigenvalue weighted by molar-refractivity contribution is 7.67. The van der Waals surface area contributed by atoms with Crippen LogP contribution >= 0.6 is 23.5 Å². The molecule has 0 aromatic carbocycles. The molecule has 0 saturated carbocycles. The Morgan fingerprint density at radius 2 is 1.51 bits per heavy atom. The van der Waals surface area contributed by atoms with Crippen molar-refractivity contribution in [3.63, 3.8) is 0 Å². The molecular formula is C16H27N2O18P3. The van der Waals surface area contributed by atoms with Crippen molar-refractivity contribution in [3.8, 4) is 5.75 Å². The Kier molecular flexibility index (Phi) is 11.8. The van der Waals surface area contributed by atoms with E-state index in [0.717, 1.165) is 41.7 Å². The third kappa shape index (κ3) is 8.37. The fourth-order valence-corrected chi connectivity index (χ4v) is 7.25. The second-order valence-corrected chi connectivity index (χ2v) is 12.8. The molecule has 0 aliphatic carbocycles. The summed E-state index contributed by atoms with van der Waals surface area (Å²) in [6.07, 6.45) is -5.97. The first-order chi connectivity index (χ1) is 18.2. The molecule has 224 valence electrons. The van der Waals surface area contributed by atoms with Gasteiger partial charge in [-0.2, -0.15) is 8.62 Å². The van der Waals surface area contributed by atoms with Gasteiger partial charge >= 0.3 is 35.1 Å². The Labute approximate surface area is 219 Å². The molecule has 23 heteroatoms. The van der Waals surface area contributed by atoms with Crippen molar-refractivity contribution in [1.82, 2.24) is 9.55 Å². The van der Waals surface area contributed by atoms with Crippen molar-refractivity contribution in [2.24, 2.45) is 0 Å². The lowest BCUT2D eigenvalue weighted by Gasteiger charge is -2.24. The Morgan fingerprint density at radius 3 is 2.05 bits per heavy atom. The summed E-state index contributed by atoms with van der Waals surface area (Å²) in [6, 6.07) is 0. The molecule has 0 spiro atoms. The Bertz CT molecular complexity index is 1260. The van der Waals surface area contributed by atoms with Crippen molar-refractivity contribution in [3.05, 3.63) is 27.0 Å². The van der Waals surface area contributed by atoms with Gasteiger partial charge in [0.05, 0.1) is 19.9 Å². The molecule has 1 aliphatic rings. The number of rotatable bonds is 15. The van der Waals surface area contributed by atoms with E-state index in [1.807, 2.05) is 4.98 Å². The highest BCUT2D eigenvalue weighted by Gasteiger charge is 2.48. The molecule has 1 saturated heterocycles. The Morgan fingerprint density at radius 1 is 0.949 bits per heavy atom. The predicted octanol–water partition coefficient (Wildman–Crippen LogP) is -0.333. The molecule has 20 nitrogen and oxygen atoms in total. The standard InChI is InChI=1S/C16H27N2O18P3/c1-27-11(19)8-32-9-6-18(16(23)17-14(9)22)15-13(21)12(20)10(34-15)7-33-38(25,30-4)36-39(26,31-5)35-37(24,28-2)29-3/h6,10,12-13,15,20-21H,7-8H2,1-5H3,(H,17,22,23). The summed E-state index contributed by atoms with van der Waals surface area (Å²) in [6.45, 7) is -1.56. The molecule has 39 heavy (non-hydrogen) atoms. The molecule has 6 unspecified atom stereocenters. The number of nitrogens with zero attached hydrogens (tertiary/aromatic N) is 1. The minimum Gasteiger partial charge on any atom is -0.475 e. The monoisotopic (exact) mass is 628 g/mol. The van der Waals surface area contributed by atoms with E-state index in [-0.39, 0.29) is 0 Å². The van der Waals surface area contributed by atoms with Crippen molar-refractivity contribution in [2.45, 2.75) is 24.5 Å². The molecular weight excluding hydrogens is 601 g/mol. The fourth-order valence-electron chi connectivity index (χ4n) is 2.79. The molecule has 6 atom stereocenters. The smallest absolute Gasteiger partial charge is 0.475 e. The molecule has 0 amide bonds. The number of phosphoric acid groups is 3. The van der Waals surface area contributed by atoms with Crippen molar-refractivity contribution in [1.29, 1.82) is 0 Å². The topological polar surface area (TPSA) is 256 Å². The maximum atomic E-state index is 12.9. The van der Waals surface area contributed by atoms with Crippen molar-refractivity contribution in [2.75, 3.05) is 48.8 Å². The summed E-state index contributed by atoms with van der Waals surface area (Å²) < 4.78 is 85.5. The second-order valence-electron chi connectivity index (χ2n) is 7.10. The number of hydrogen-bond donors (Lipinski definition) is 3. The quantitative estimate of drug-likeness (QED) is 0.166. The normalized spacial score (nSPS) is 24.6. The number of aromatic amines is 1. The molecule has 1 aliphatic heterocycles. The average molecular weight is 628 g/mol. The van der Waals surface area contributed by atoms with Gasteiger partial charge in [0, 0.05) is 28.4 Å². The van der Waals surface area contributed by atoms with Gasteiger partial charge < -0.3 is 24.4 Å². The zero-order valence-corrected chi connectivity index (χ0v) is 23.7. The number of esters is 1. The number of carbonyl (C=O) groups is 1. The van der Waals surface area contributed by atoms with E-state index < -0.39 is 84.2 Å². The zero-order valence-electron chi connectivity index (χ0n) is 21.0. The van der Waals surface area contributed by atoms with Crippen molar-refractivity contribution >= 4 is 29.4 Å². The Balaban J connectivity index is 2.20. The van der Waals surface area contributed by atoms with E-state index in [1.54, 1.807) is 0 Å². The van der Waals surface area contributed by atoms with E-state index in [4.69, 9.17) is 18.3 Å². The van der Waals surface area contributed by atoms with Crippen LogP contribution in [0.25, 0.3) is 0 Å². The lowest BCUT2D eigenvalue weighted by Crippen LogP contribution is -2.38. The number of H-pyrrole nitrogens is 1. The van der Waals surface area contributed by atoms with E-state index >= 15 is 0 Å². The van der Waals surface area contributed by atoms with Crippen molar-refractivity contribution < 1.29 is 74.2 Å². The molecule has 0 radical (unpaired) electrons. The predicted molar refractivity (Wildman–Crippen MR) is 124 cm³/mol. The van der Waals surface area contributed by atoms with Gasteiger partial charge in [-0.1, -0.05) is 0 Å². The van der Waals surface area contributed by atoms with Crippen LogP contribution in [0.4, 0.5) is 0 Å². The van der Waals surface area contributed by atoms with Crippen LogP contribution < -0.4 is 16.0 Å². The summed E-state index contributed by atoms with van der Waals surface area (Å²) in [5, 5.41) is 20.8. The summed E-state index contributed by atoms with van der Waals surface area (Å²) >= 11 is 0. The maximum absolute atomic E-state index is 12.9. The fraction of sp³-hybridized carbons (Fsp3) is 0.688. The summed E-state index contributed by atoms with van der Waals surface area (Å²) in [4.78, 5) is 37.5. The van der Waals surface area contributed by atoms with Gasteiger partial charge in [0.1, 0.15) is 18.3 Å². The third-order valence-electron chi connectivity index (χ3n) is 4.81. The number of carbonyl (C=O) groups excluding carboxylic acids is 1. The van der Waals surface area contributed by atoms with Crippen LogP contribution in [0, 0.1) is 0 Å². The molecule has 2 rings (SSSR count). The first kappa shape index (κ1) is 33.4. The highest BCUT2D eigenvalue weighted by Crippen LogP contribution is 2.72. The van der Waals surface area contributed by atoms with E-state index in [9.17, 15) is 38.3 Å². The summed E-state index contributed by atoms with van der Waals surface area (Å²) in [7, 11) is -9.89. The number of methoxy groups -OCH3 is 1.